The van der Waals surface area contributed by atoms with Gasteiger partial charge in [-0.3, -0.25) is 4.79 Å². The lowest BCUT2D eigenvalue weighted by atomic mass is 9.96. The number of nitrogens with one attached hydrogen (secondary N) is 1. The second kappa shape index (κ2) is 10.7. The molecule has 0 aliphatic carbocycles. The van der Waals surface area contributed by atoms with Gasteiger partial charge in [-0.2, -0.15) is 0 Å². The molecule has 0 spiro atoms. The molecule has 2 saturated heterocycles. The van der Waals surface area contributed by atoms with Crippen molar-refractivity contribution in [3.05, 3.63) is 30.1 Å². The number of carbonyl (C=O) groups excluding carboxylic acids is 1. The maximum atomic E-state index is 14.1. The Kier molecular flexibility index (Phi) is 8.30. The Balaban J connectivity index is 1.61. The first-order valence-electron chi connectivity index (χ1n) is 11.2. The number of sulfonamides is 1. The molecule has 2 atom stereocenters. The molecular weight excluding hydrogens is 421 g/mol. The van der Waals surface area contributed by atoms with Crippen molar-refractivity contribution in [1.29, 1.82) is 0 Å². The highest BCUT2D eigenvalue weighted by molar-refractivity contribution is 7.88. The Labute approximate surface area is 185 Å². The summed E-state index contributed by atoms with van der Waals surface area (Å²) in [5, 5.41) is 0. The van der Waals surface area contributed by atoms with E-state index in [4.69, 9.17) is 4.74 Å². The highest BCUT2D eigenvalue weighted by Gasteiger charge is 2.36. The molecule has 7 nitrogen and oxygen atoms in total. The van der Waals surface area contributed by atoms with Crippen LogP contribution in [0, 0.1) is 5.82 Å². The first-order valence-corrected chi connectivity index (χ1v) is 13.1. The quantitative estimate of drug-likeness (QED) is 0.652. The largest absolute Gasteiger partial charge is 0.376 e. The molecule has 2 heterocycles. The minimum atomic E-state index is -3.39. The van der Waals surface area contributed by atoms with Crippen molar-refractivity contribution in [2.45, 2.75) is 63.6 Å². The second-order valence-corrected chi connectivity index (χ2v) is 10.3. The smallest absolute Gasteiger partial charge is 0.222 e. The molecule has 0 unspecified atom stereocenters. The number of likely N-dealkylation sites (tertiary alicyclic amines) is 1. The highest BCUT2D eigenvalue weighted by atomic mass is 32.2. The summed E-state index contributed by atoms with van der Waals surface area (Å²) in [6, 6.07) is 6.12. The lowest BCUT2D eigenvalue weighted by Gasteiger charge is -2.42. The zero-order valence-corrected chi connectivity index (χ0v) is 19.2. The third-order valence-electron chi connectivity index (χ3n) is 6.07. The van der Waals surface area contributed by atoms with Crippen LogP contribution in [0.5, 0.6) is 0 Å². The molecule has 1 aromatic rings. The van der Waals surface area contributed by atoms with Crippen LogP contribution in [0.25, 0.3) is 0 Å². The zero-order valence-electron chi connectivity index (χ0n) is 18.4. The van der Waals surface area contributed by atoms with E-state index >= 15 is 0 Å². The average Bonchev–Trinajstić information content (AvgIpc) is 2.72. The number of anilines is 1. The third-order valence-corrected chi connectivity index (χ3v) is 6.80. The van der Waals surface area contributed by atoms with Crippen LogP contribution < -0.4 is 9.62 Å². The molecule has 0 bridgehead atoms. The van der Waals surface area contributed by atoms with E-state index in [9.17, 15) is 17.6 Å². The van der Waals surface area contributed by atoms with Crippen LogP contribution in [-0.4, -0.2) is 69.9 Å². The van der Waals surface area contributed by atoms with Gasteiger partial charge in [-0.25, -0.2) is 17.5 Å². The number of para-hydroxylation sites is 1. The van der Waals surface area contributed by atoms with Crippen LogP contribution >= 0.6 is 0 Å². The van der Waals surface area contributed by atoms with Crippen molar-refractivity contribution in [3.63, 3.8) is 0 Å². The van der Waals surface area contributed by atoms with Crippen LogP contribution in [0.2, 0.25) is 0 Å². The number of nitrogens with zero attached hydrogens (tertiary/aromatic N) is 2. The number of piperidine rings is 2. The van der Waals surface area contributed by atoms with E-state index in [0.717, 1.165) is 31.9 Å². The van der Waals surface area contributed by atoms with Gasteiger partial charge in [0, 0.05) is 32.1 Å². The van der Waals surface area contributed by atoms with Gasteiger partial charge in [-0.15, -0.1) is 0 Å². The maximum absolute atomic E-state index is 14.1. The maximum Gasteiger partial charge on any atom is 0.222 e. The summed E-state index contributed by atoms with van der Waals surface area (Å²) in [4.78, 5) is 16.5. The first kappa shape index (κ1) is 23.9. The Morgan fingerprint density at radius 2 is 1.90 bits per heavy atom. The number of benzene rings is 1. The van der Waals surface area contributed by atoms with E-state index < -0.39 is 10.0 Å². The number of amides is 1. The van der Waals surface area contributed by atoms with E-state index in [1.165, 1.54) is 6.07 Å². The minimum absolute atomic E-state index is 0.00645. The summed E-state index contributed by atoms with van der Waals surface area (Å²) in [5.74, 6) is -0.172. The van der Waals surface area contributed by atoms with E-state index in [0.29, 0.717) is 44.8 Å². The average molecular weight is 456 g/mol. The molecule has 0 aromatic heterocycles. The molecule has 9 heteroatoms. The zero-order chi connectivity index (χ0) is 22.4. The van der Waals surface area contributed by atoms with Gasteiger partial charge in [-0.1, -0.05) is 19.1 Å². The minimum Gasteiger partial charge on any atom is -0.376 e. The van der Waals surface area contributed by atoms with Crippen LogP contribution in [0.1, 0.15) is 45.4 Å². The summed E-state index contributed by atoms with van der Waals surface area (Å²) in [6.07, 6.45) is 5.32. The summed E-state index contributed by atoms with van der Waals surface area (Å²) in [6.45, 7) is 4.27. The van der Waals surface area contributed by atoms with E-state index in [2.05, 4.69) is 4.72 Å². The van der Waals surface area contributed by atoms with Gasteiger partial charge < -0.3 is 14.5 Å². The van der Waals surface area contributed by atoms with Crippen LogP contribution in [-0.2, 0) is 19.6 Å². The van der Waals surface area contributed by atoms with Crippen LogP contribution in [0.15, 0.2) is 24.3 Å². The highest BCUT2D eigenvalue weighted by Crippen LogP contribution is 2.26. The van der Waals surface area contributed by atoms with Crippen molar-refractivity contribution in [1.82, 2.24) is 9.62 Å². The molecular formula is C22H34FN3O4S. The van der Waals surface area contributed by atoms with Gasteiger partial charge in [0.2, 0.25) is 15.9 Å². The fraction of sp³-hybridized carbons (Fsp3) is 0.682. The van der Waals surface area contributed by atoms with Gasteiger partial charge in [0.1, 0.15) is 5.82 Å². The second-order valence-electron chi connectivity index (χ2n) is 8.51. The molecule has 2 aliphatic rings. The Morgan fingerprint density at radius 1 is 1.19 bits per heavy atom. The predicted octanol–water partition coefficient (Wildman–Crippen LogP) is 2.52. The number of ether oxygens (including phenoxy) is 1. The molecule has 2 fully saturated rings. The normalized spacial score (nSPS) is 23.2. The molecule has 3 rings (SSSR count). The van der Waals surface area contributed by atoms with Crippen LogP contribution in [0.4, 0.5) is 10.1 Å². The summed E-state index contributed by atoms with van der Waals surface area (Å²) >= 11 is 0. The third kappa shape index (κ3) is 6.63. The molecule has 0 saturated carbocycles. The topological polar surface area (TPSA) is 79.0 Å². The summed E-state index contributed by atoms with van der Waals surface area (Å²) < 4.78 is 46.7. The Bertz CT molecular complexity index is 843. The number of rotatable bonds is 8. The Hall–Kier alpha value is -1.71. The lowest BCUT2D eigenvalue weighted by Crippen LogP contribution is -2.59. The molecule has 31 heavy (non-hydrogen) atoms. The van der Waals surface area contributed by atoms with Gasteiger partial charge in [-0.05, 0) is 44.2 Å². The predicted molar refractivity (Wildman–Crippen MR) is 119 cm³/mol. The van der Waals surface area contributed by atoms with Gasteiger partial charge in [0.25, 0.3) is 0 Å². The van der Waals surface area contributed by atoms with Gasteiger partial charge in [0.05, 0.1) is 30.7 Å². The molecule has 1 N–H and O–H groups in total. The van der Waals surface area contributed by atoms with E-state index in [-0.39, 0.29) is 29.9 Å². The number of halogens is 1. The fourth-order valence-electron chi connectivity index (χ4n) is 4.55. The molecule has 1 amide bonds. The summed E-state index contributed by atoms with van der Waals surface area (Å²) in [5.41, 5.74) is 0.613. The lowest BCUT2D eigenvalue weighted by molar-refractivity contribution is -0.138. The van der Waals surface area contributed by atoms with Crippen molar-refractivity contribution in [3.8, 4) is 0 Å². The van der Waals surface area contributed by atoms with Crippen LogP contribution in [0.3, 0.4) is 0 Å². The van der Waals surface area contributed by atoms with Crippen molar-refractivity contribution in [2.24, 2.45) is 0 Å². The molecule has 174 valence electrons. The number of carbonyl (C=O) groups is 1. The number of hydrogen-bond donors (Lipinski definition) is 1. The van der Waals surface area contributed by atoms with Crippen molar-refractivity contribution < 1.29 is 22.3 Å². The molecule has 0 radical (unpaired) electrons. The summed E-state index contributed by atoms with van der Waals surface area (Å²) in [7, 11) is -3.39. The van der Waals surface area contributed by atoms with E-state index in [1.54, 1.807) is 17.0 Å². The SMILES string of the molecule is CCCC(=O)N1CCC[C@H](NS(C)(=O)=O)[C@@H]1COC1CCN(c2ccccc2F)CC1. The van der Waals surface area contributed by atoms with E-state index in [1.807, 2.05) is 17.9 Å². The van der Waals surface area contributed by atoms with Crippen molar-refractivity contribution in [2.75, 3.05) is 37.4 Å². The standard InChI is InChI=1S/C22H34FN3O4S/c1-3-7-22(27)26-13-6-9-19(24-31(2,28)29)21(26)16-30-17-11-14-25(15-12-17)20-10-5-4-8-18(20)23/h4-5,8,10,17,19,21,24H,3,6-7,9,11-16H2,1-2H3/t19-,21-/m0/s1. The molecule has 2 aliphatic heterocycles. The number of hydrogen-bond acceptors (Lipinski definition) is 5. The van der Waals surface area contributed by atoms with Gasteiger partial charge >= 0.3 is 0 Å². The van der Waals surface area contributed by atoms with Gasteiger partial charge in [0.15, 0.2) is 0 Å². The molecule has 1 aromatic carbocycles. The Morgan fingerprint density at radius 3 is 2.55 bits per heavy atom. The van der Waals surface area contributed by atoms with Crippen molar-refractivity contribution >= 4 is 21.6 Å². The monoisotopic (exact) mass is 455 g/mol. The first-order chi connectivity index (χ1) is 14.8. The fourth-order valence-corrected chi connectivity index (χ4v) is 5.37.